The van der Waals surface area contributed by atoms with Gasteiger partial charge in [-0.25, -0.2) is 0 Å². The van der Waals surface area contributed by atoms with Crippen LogP contribution in [-0.4, -0.2) is 53.5 Å². The third-order valence-electron chi connectivity index (χ3n) is 6.79. The quantitative estimate of drug-likeness (QED) is 0.631. The monoisotopic (exact) mass is 446 g/mol. The van der Waals surface area contributed by atoms with Crippen LogP contribution < -0.4 is 10.6 Å². The van der Waals surface area contributed by atoms with Gasteiger partial charge in [0.2, 0.25) is 5.91 Å². The second kappa shape index (κ2) is 9.74. The topological polar surface area (TPSA) is 105 Å². The average molecular weight is 447 g/mol. The molecular weight excluding hydrogens is 416 g/mol. The zero-order valence-electron chi connectivity index (χ0n) is 18.9. The summed E-state index contributed by atoms with van der Waals surface area (Å²) in [6.45, 7) is 3.45. The first-order valence-corrected chi connectivity index (χ1v) is 11.5. The first-order chi connectivity index (χ1) is 15.9. The smallest absolute Gasteiger partial charge is 0.251 e. The molecule has 1 aliphatic carbocycles. The summed E-state index contributed by atoms with van der Waals surface area (Å²) in [6.07, 6.45) is 3.07. The van der Waals surface area contributed by atoms with Crippen LogP contribution in [0.3, 0.4) is 0 Å². The summed E-state index contributed by atoms with van der Waals surface area (Å²) in [5.41, 5.74) is 2.06. The van der Waals surface area contributed by atoms with Crippen molar-refractivity contribution in [1.29, 1.82) is 5.26 Å². The van der Waals surface area contributed by atoms with Gasteiger partial charge >= 0.3 is 0 Å². The van der Waals surface area contributed by atoms with Gasteiger partial charge in [-0.1, -0.05) is 29.8 Å². The van der Waals surface area contributed by atoms with Gasteiger partial charge in [-0.3, -0.25) is 14.5 Å². The minimum absolute atomic E-state index is 0.0402. The Hall–Kier alpha value is -3.21. The Bertz CT molecular complexity index is 1060. The van der Waals surface area contributed by atoms with Gasteiger partial charge < -0.3 is 15.7 Å². The molecule has 172 valence electrons. The van der Waals surface area contributed by atoms with Crippen molar-refractivity contribution >= 4 is 11.8 Å². The summed E-state index contributed by atoms with van der Waals surface area (Å²) in [5, 5.41) is 25.9. The third-order valence-corrected chi connectivity index (χ3v) is 6.79. The number of carbonyl (C=O) groups excluding carboxylic acids is 2. The fourth-order valence-corrected chi connectivity index (χ4v) is 4.84. The minimum Gasteiger partial charge on any atom is -0.385 e. The largest absolute Gasteiger partial charge is 0.385 e. The van der Waals surface area contributed by atoms with E-state index in [-0.39, 0.29) is 24.4 Å². The molecule has 7 heteroatoms. The van der Waals surface area contributed by atoms with Crippen LogP contribution >= 0.6 is 0 Å². The molecule has 2 aromatic carbocycles. The maximum Gasteiger partial charge on any atom is 0.251 e. The van der Waals surface area contributed by atoms with Crippen molar-refractivity contribution in [2.75, 3.05) is 19.6 Å². The molecule has 0 aromatic heterocycles. The van der Waals surface area contributed by atoms with Gasteiger partial charge in [0, 0.05) is 24.7 Å². The number of aliphatic hydroxyl groups is 1. The Morgan fingerprint density at radius 2 is 1.88 bits per heavy atom. The number of nitrogens with one attached hydrogen (secondary N) is 2. The molecule has 1 saturated carbocycles. The zero-order chi connectivity index (χ0) is 23.4. The lowest BCUT2D eigenvalue weighted by Crippen LogP contribution is -2.63. The SMILES string of the molecule is Cc1cccc(C(=O)NCC(=O)NC2CN(C3CCC(O)(c4cccc(C#N)c4)CC3)C2)c1. The van der Waals surface area contributed by atoms with Crippen LogP contribution in [0.5, 0.6) is 0 Å². The number of hydrogen-bond acceptors (Lipinski definition) is 5. The Morgan fingerprint density at radius 1 is 1.15 bits per heavy atom. The zero-order valence-corrected chi connectivity index (χ0v) is 18.9. The van der Waals surface area contributed by atoms with Crippen LogP contribution in [0.2, 0.25) is 0 Å². The van der Waals surface area contributed by atoms with Crippen LogP contribution in [-0.2, 0) is 10.4 Å². The third kappa shape index (κ3) is 5.41. The van der Waals surface area contributed by atoms with Gasteiger partial charge in [0.15, 0.2) is 0 Å². The molecule has 3 N–H and O–H groups in total. The summed E-state index contributed by atoms with van der Waals surface area (Å²) >= 11 is 0. The molecule has 33 heavy (non-hydrogen) atoms. The number of nitrogens with zero attached hydrogens (tertiary/aromatic N) is 2. The van der Waals surface area contributed by atoms with Gasteiger partial charge in [0.25, 0.3) is 5.91 Å². The molecule has 2 aromatic rings. The van der Waals surface area contributed by atoms with Crippen molar-refractivity contribution in [3.8, 4) is 6.07 Å². The van der Waals surface area contributed by atoms with E-state index < -0.39 is 5.60 Å². The molecule has 4 rings (SSSR count). The van der Waals surface area contributed by atoms with Gasteiger partial charge in [-0.05, 0) is 62.4 Å². The lowest BCUT2D eigenvalue weighted by molar-refractivity contribution is -0.122. The predicted octanol–water partition coefficient (Wildman–Crippen LogP) is 2.23. The summed E-state index contributed by atoms with van der Waals surface area (Å²) in [4.78, 5) is 26.8. The normalized spacial score (nSPS) is 23.2. The molecular formula is C26H30N4O3. The molecule has 2 aliphatic rings. The highest BCUT2D eigenvalue weighted by atomic mass is 16.3. The number of nitriles is 1. The van der Waals surface area contributed by atoms with E-state index in [0.29, 0.717) is 30.0 Å². The van der Waals surface area contributed by atoms with E-state index in [0.717, 1.165) is 37.1 Å². The number of aryl methyl sites for hydroxylation is 1. The van der Waals surface area contributed by atoms with Crippen molar-refractivity contribution in [2.24, 2.45) is 0 Å². The Balaban J connectivity index is 1.18. The number of amides is 2. The lowest BCUT2D eigenvalue weighted by atomic mass is 9.76. The number of carbonyl (C=O) groups is 2. The summed E-state index contributed by atoms with van der Waals surface area (Å²) in [7, 11) is 0. The molecule has 0 unspecified atom stereocenters. The fourth-order valence-electron chi connectivity index (χ4n) is 4.84. The minimum atomic E-state index is -0.878. The summed E-state index contributed by atoms with van der Waals surface area (Å²) < 4.78 is 0. The molecule has 0 radical (unpaired) electrons. The molecule has 7 nitrogen and oxygen atoms in total. The maximum atomic E-state index is 12.2. The van der Waals surface area contributed by atoms with E-state index in [2.05, 4.69) is 21.6 Å². The second-order valence-electron chi connectivity index (χ2n) is 9.23. The van der Waals surface area contributed by atoms with Crippen LogP contribution in [0, 0.1) is 18.3 Å². The van der Waals surface area contributed by atoms with Crippen molar-refractivity contribution in [1.82, 2.24) is 15.5 Å². The second-order valence-corrected chi connectivity index (χ2v) is 9.23. The van der Waals surface area contributed by atoms with Crippen molar-refractivity contribution < 1.29 is 14.7 Å². The lowest BCUT2D eigenvalue weighted by Gasteiger charge is -2.48. The van der Waals surface area contributed by atoms with E-state index in [1.165, 1.54) is 0 Å². The van der Waals surface area contributed by atoms with E-state index in [1.54, 1.807) is 24.3 Å². The molecule has 2 fully saturated rings. The van der Waals surface area contributed by atoms with Gasteiger partial charge in [-0.15, -0.1) is 0 Å². The van der Waals surface area contributed by atoms with E-state index in [4.69, 9.17) is 5.26 Å². The molecule has 0 bridgehead atoms. The molecule has 2 amide bonds. The predicted molar refractivity (Wildman–Crippen MR) is 124 cm³/mol. The van der Waals surface area contributed by atoms with Crippen molar-refractivity contribution in [3.63, 3.8) is 0 Å². The highest BCUT2D eigenvalue weighted by molar-refractivity contribution is 5.96. The maximum absolute atomic E-state index is 12.2. The Labute approximate surface area is 194 Å². The van der Waals surface area contributed by atoms with Crippen LogP contribution in [0.4, 0.5) is 0 Å². The fraction of sp³-hybridized carbons (Fsp3) is 0.423. The average Bonchev–Trinajstić information content (AvgIpc) is 2.80. The number of hydrogen-bond donors (Lipinski definition) is 3. The molecule has 1 aliphatic heterocycles. The van der Waals surface area contributed by atoms with Crippen molar-refractivity contribution in [3.05, 3.63) is 70.8 Å². The van der Waals surface area contributed by atoms with Crippen LogP contribution in [0.1, 0.15) is 52.7 Å². The van der Waals surface area contributed by atoms with E-state index in [1.807, 2.05) is 31.2 Å². The highest BCUT2D eigenvalue weighted by Crippen LogP contribution is 2.39. The van der Waals surface area contributed by atoms with E-state index >= 15 is 0 Å². The first-order valence-electron chi connectivity index (χ1n) is 11.5. The first kappa shape index (κ1) is 23.0. The van der Waals surface area contributed by atoms with Crippen LogP contribution in [0.25, 0.3) is 0 Å². The molecule has 0 spiro atoms. The number of likely N-dealkylation sites (tertiary alicyclic amines) is 1. The molecule has 0 atom stereocenters. The molecule has 1 heterocycles. The van der Waals surface area contributed by atoms with Gasteiger partial charge in [-0.2, -0.15) is 5.26 Å². The van der Waals surface area contributed by atoms with Crippen LogP contribution in [0.15, 0.2) is 48.5 Å². The van der Waals surface area contributed by atoms with E-state index in [9.17, 15) is 14.7 Å². The highest BCUT2D eigenvalue weighted by Gasteiger charge is 2.40. The standard InChI is InChI=1S/C26H30N4O3/c1-18-4-2-6-20(12-18)25(32)28-15-24(31)29-22-16-30(17-22)23-8-10-26(33,11-9-23)21-7-3-5-19(13-21)14-27/h2-7,12-13,22-23,33H,8-11,15-17H2,1H3,(H,28,32)(H,29,31). The van der Waals surface area contributed by atoms with Gasteiger partial charge in [0.1, 0.15) is 0 Å². The summed E-state index contributed by atoms with van der Waals surface area (Å²) in [5.74, 6) is -0.435. The van der Waals surface area contributed by atoms with Crippen molar-refractivity contribution in [2.45, 2.75) is 50.3 Å². The number of benzene rings is 2. The number of rotatable bonds is 6. The summed E-state index contributed by atoms with van der Waals surface area (Å²) in [6, 6.07) is 17.1. The Kier molecular flexibility index (Phi) is 6.77. The van der Waals surface area contributed by atoms with Gasteiger partial charge in [0.05, 0.1) is 29.8 Å². The Morgan fingerprint density at radius 3 is 2.58 bits per heavy atom. The molecule has 1 saturated heterocycles.